The number of hydrogen-bond acceptors (Lipinski definition) is 6. The van der Waals surface area contributed by atoms with Crippen molar-refractivity contribution in [1.82, 2.24) is 4.90 Å². The molecule has 0 saturated heterocycles. The minimum absolute atomic E-state index is 0.111. The zero-order chi connectivity index (χ0) is 19.1. The number of aliphatic hydroxyl groups is 3. The number of nitrogens with one attached hydrogen (secondary N) is 1. The first-order chi connectivity index (χ1) is 13.0. The summed E-state index contributed by atoms with van der Waals surface area (Å²) in [6.45, 7) is 0. The average molecular weight is 368 g/mol. The predicted molar refractivity (Wildman–Crippen MR) is 97.2 cm³/mol. The average Bonchev–Trinajstić information content (AvgIpc) is 2.94. The molecule has 2 aliphatic rings. The first-order valence-electron chi connectivity index (χ1n) is 8.81. The Balaban J connectivity index is 1.62. The maximum Gasteiger partial charge on any atom is 0.261 e. The largest absolute Gasteiger partial charge is 0.388 e. The van der Waals surface area contributed by atoms with Gasteiger partial charge in [0.15, 0.2) is 0 Å². The molecule has 0 radical (unpaired) electrons. The van der Waals surface area contributed by atoms with Crippen LogP contribution in [0.15, 0.2) is 54.6 Å². The van der Waals surface area contributed by atoms with Crippen LogP contribution in [0.1, 0.15) is 27.1 Å². The van der Waals surface area contributed by atoms with E-state index in [0.717, 1.165) is 10.6 Å². The normalized spacial score (nSPS) is 30.3. The highest BCUT2D eigenvalue weighted by Crippen LogP contribution is 2.32. The van der Waals surface area contributed by atoms with Gasteiger partial charge in [-0.3, -0.25) is 14.5 Å². The highest BCUT2D eigenvalue weighted by molar-refractivity contribution is 6.21. The minimum Gasteiger partial charge on any atom is -0.388 e. The van der Waals surface area contributed by atoms with Gasteiger partial charge in [0.05, 0.1) is 23.2 Å². The van der Waals surface area contributed by atoms with Crippen molar-refractivity contribution in [3.8, 4) is 0 Å². The van der Waals surface area contributed by atoms with Crippen molar-refractivity contribution < 1.29 is 24.9 Å². The Hall–Kier alpha value is -2.74. The van der Waals surface area contributed by atoms with E-state index in [1.54, 1.807) is 36.4 Å². The predicted octanol–water partition coefficient (Wildman–Crippen LogP) is 0.618. The van der Waals surface area contributed by atoms with Gasteiger partial charge in [-0.2, -0.15) is 0 Å². The van der Waals surface area contributed by atoms with Gasteiger partial charge in [-0.1, -0.05) is 30.3 Å². The summed E-state index contributed by atoms with van der Waals surface area (Å²) in [5.41, 5.74) is 1.29. The quantitative estimate of drug-likeness (QED) is 0.591. The van der Waals surface area contributed by atoms with Crippen molar-refractivity contribution in [2.24, 2.45) is 0 Å². The van der Waals surface area contributed by atoms with Gasteiger partial charge in [-0.15, -0.1) is 0 Å². The number of fused-ring (bicyclic) bond motifs is 1. The van der Waals surface area contributed by atoms with Gasteiger partial charge in [0.1, 0.15) is 18.3 Å². The molecule has 2 aromatic rings. The van der Waals surface area contributed by atoms with Crippen LogP contribution in [0.5, 0.6) is 0 Å². The number of imide groups is 1. The van der Waals surface area contributed by atoms with E-state index in [9.17, 15) is 24.9 Å². The molecular formula is C20H20N2O5. The SMILES string of the molecule is O=C1c2ccccc2C(=O)N1[C@@H]1C[C@@H](Nc2ccccc2)[C@H](O)[C@H](O)[C@H]1O. The number of nitrogens with zero attached hydrogens (tertiary/aromatic N) is 1. The number of carbonyl (C=O) groups excluding carboxylic acids is 2. The van der Waals surface area contributed by atoms with Gasteiger partial charge >= 0.3 is 0 Å². The number of rotatable bonds is 3. The van der Waals surface area contributed by atoms with Crippen LogP contribution >= 0.6 is 0 Å². The van der Waals surface area contributed by atoms with E-state index in [1.807, 2.05) is 18.2 Å². The summed E-state index contributed by atoms with van der Waals surface area (Å²) in [6.07, 6.45) is -4.06. The molecular weight excluding hydrogens is 348 g/mol. The Labute approximate surface area is 155 Å². The van der Waals surface area contributed by atoms with E-state index < -0.39 is 42.2 Å². The van der Waals surface area contributed by atoms with E-state index >= 15 is 0 Å². The van der Waals surface area contributed by atoms with Crippen LogP contribution in [0.25, 0.3) is 0 Å². The number of benzene rings is 2. The molecule has 4 rings (SSSR count). The zero-order valence-corrected chi connectivity index (χ0v) is 14.4. The second-order valence-corrected chi connectivity index (χ2v) is 6.92. The second kappa shape index (κ2) is 6.77. The molecule has 27 heavy (non-hydrogen) atoms. The lowest BCUT2D eigenvalue weighted by atomic mass is 9.83. The lowest BCUT2D eigenvalue weighted by Gasteiger charge is -2.43. The van der Waals surface area contributed by atoms with Gasteiger partial charge in [0.2, 0.25) is 0 Å². The van der Waals surface area contributed by atoms with E-state index in [4.69, 9.17) is 0 Å². The molecule has 0 bridgehead atoms. The fourth-order valence-corrected chi connectivity index (χ4v) is 3.87. The second-order valence-electron chi connectivity index (χ2n) is 6.92. The van der Waals surface area contributed by atoms with Gasteiger partial charge in [-0.05, 0) is 30.7 Å². The monoisotopic (exact) mass is 368 g/mol. The summed E-state index contributed by atoms with van der Waals surface area (Å²) >= 11 is 0. The van der Waals surface area contributed by atoms with Crippen molar-refractivity contribution in [1.29, 1.82) is 0 Å². The molecule has 1 fully saturated rings. The van der Waals surface area contributed by atoms with Gasteiger partial charge in [-0.25, -0.2) is 0 Å². The summed E-state index contributed by atoms with van der Waals surface area (Å²) in [6, 6.07) is 14.0. The maximum absolute atomic E-state index is 12.7. The van der Waals surface area contributed by atoms with E-state index in [0.29, 0.717) is 0 Å². The van der Waals surface area contributed by atoms with Crippen molar-refractivity contribution in [2.75, 3.05) is 5.32 Å². The molecule has 5 atom stereocenters. The maximum atomic E-state index is 12.7. The molecule has 1 heterocycles. The van der Waals surface area contributed by atoms with Gasteiger partial charge in [0.25, 0.3) is 11.8 Å². The van der Waals surface area contributed by atoms with E-state index in [-0.39, 0.29) is 17.5 Å². The number of para-hydroxylation sites is 1. The topological polar surface area (TPSA) is 110 Å². The number of amides is 2. The lowest BCUT2D eigenvalue weighted by molar-refractivity contribution is -0.114. The number of hydrogen-bond donors (Lipinski definition) is 4. The molecule has 7 nitrogen and oxygen atoms in total. The first kappa shape index (κ1) is 17.7. The molecule has 140 valence electrons. The summed E-state index contributed by atoms with van der Waals surface area (Å²) in [4.78, 5) is 26.5. The third kappa shape index (κ3) is 2.90. The number of anilines is 1. The van der Waals surface area contributed by atoms with E-state index in [2.05, 4.69) is 5.32 Å². The number of carbonyl (C=O) groups is 2. The standard InChI is InChI=1S/C20H20N2O5/c23-16-14(21-11-6-2-1-3-7-11)10-15(17(24)18(16)25)22-19(26)12-8-4-5-9-13(12)20(22)27/h1-9,14-18,21,23-25H,10H2/t14-,15-,16+,17+,18+/m1/s1. The van der Waals surface area contributed by atoms with Gasteiger partial charge < -0.3 is 20.6 Å². The lowest BCUT2D eigenvalue weighted by Crippen LogP contribution is -2.63. The van der Waals surface area contributed by atoms with Gasteiger partial charge in [0, 0.05) is 5.69 Å². The molecule has 7 heteroatoms. The summed E-state index contributed by atoms with van der Waals surface area (Å²) in [5.74, 6) is -0.997. The Morgan fingerprint density at radius 1 is 0.778 bits per heavy atom. The summed E-state index contributed by atoms with van der Waals surface area (Å²) < 4.78 is 0. The molecule has 0 spiro atoms. The van der Waals surface area contributed by atoms with Crippen LogP contribution in [-0.4, -0.2) is 62.4 Å². The zero-order valence-electron chi connectivity index (χ0n) is 14.4. The number of aliphatic hydroxyl groups excluding tert-OH is 3. The molecule has 1 saturated carbocycles. The molecule has 0 aromatic heterocycles. The Bertz CT molecular complexity index is 837. The molecule has 1 aliphatic heterocycles. The Morgan fingerprint density at radius 2 is 1.33 bits per heavy atom. The molecule has 0 unspecified atom stereocenters. The van der Waals surface area contributed by atoms with Crippen LogP contribution in [-0.2, 0) is 0 Å². The summed E-state index contributed by atoms with van der Waals surface area (Å²) in [7, 11) is 0. The Kier molecular flexibility index (Phi) is 4.43. The molecule has 4 N–H and O–H groups in total. The minimum atomic E-state index is -1.49. The molecule has 1 aliphatic carbocycles. The highest BCUT2D eigenvalue weighted by Gasteiger charge is 2.50. The third-order valence-electron chi connectivity index (χ3n) is 5.28. The first-order valence-corrected chi connectivity index (χ1v) is 8.81. The van der Waals surface area contributed by atoms with Crippen LogP contribution in [0.4, 0.5) is 5.69 Å². The third-order valence-corrected chi connectivity index (χ3v) is 5.28. The Morgan fingerprint density at radius 3 is 1.93 bits per heavy atom. The fourth-order valence-electron chi connectivity index (χ4n) is 3.87. The van der Waals surface area contributed by atoms with Crippen molar-refractivity contribution in [3.63, 3.8) is 0 Å². The van der Waals surface area contributed by atoms with E-state index in [1.165, 1.54) is 0 Å². The van der Waals surface area contributed by atoms with Crippen LogP contribution in [0.3, 0.4) is 0 Å². The van der Waals surface area contributed by atoms with Crippen LogP contribution < -0.4 is 5.32 Å². The van der Waals surface area contributed by atoms with Crippen molar-refractivity contribution in [3.05, 3.63) is 65.7 Å². The smallest absolute Gasteiger partial charge is 0.261 e. The molecule has 2 aromatic carbocycles. The highest BCUT2D eigenvalue weighted by atomic mass is 16.4. The summed E-state index contributed by atoms with van der Waals surface area (Å²) in [5, 5.41) is 34.3. The van der Waals surface area contributed by atoms with Crippen molar-refractivity contribution >= 4 is 17.5 Å². The fraction of sp³-hybridized carbons (Fsp3) is 0.300. The van der Waals surface area contributed by atoms with Crippen molar-refractivity contribution in [2.45, 2.75) is 36.8 Å². The van der Waals surface area contributed by atoms with Crippen LogP contribution in [0, 0.1) is 0 Å². The van der Waals surface area contributed by atoms with Crippen LogP contribution in [0.2, 0.25) is 0 Å². The molecule has 2 amide bonds.